The highest BCUT2D eigenvalue weighted by Gasteiger charge is 2.16. The molecular weight excluding hydrogens is 310 g/mol. The number of aryl methyl sites for hydroxylation is 2. The van der Waals surface area contributed by atoms with Gasteiger partial charge in [-0.15, -0.1) is 0 Å². The smallest absolute Gasteiger partial charge is 0.138 e. The topological polar surface area (TPSA) is 46.8 Å². The Morgan fingerprint density at radius 2 is 1.91 bits per heavy atom. The fourth-order valence-electron chi connectivity index (χ4n) is 2.79. The molecule has 2 aromatic heterocycles. The molecule has 0 radical (unpaired) electrons. The molecule has 0 fully saturated rings. The summed E-state index contributed by atoms with van der Waals surface area (Å²) in [4.78, 5) is 15.6. The molecule has 0 aliphatic heterocycles. The third kappa shape index (κ3) is 2.88. The van der Waals surface area contributed by atoms with E-state index < -0.39 is 0 Å². The molecule has 6 heteroatoms. The summed E-state index contributed by atoms with van der Waals surface area (Å²) in [5, 5.41) is 0.534. The van der Waals surface area contributed by atoms with Crippen LogP contribution in [-0.2, 0) is 20.0 Å². The molecule has 0 saturated carbocycles. The van der Waals surface area contributed by atoms with E-state index in [0.717, 1.165) is 34.7 Å². The molecule has 5 nitrogen and oxygen atoms in total. The predicted molar refractivity (Wildman–Crippen MR) is 94.0 cm³/mol. The van der Waals surface area contributed by atoms with Crippen molar-refractivity contribution in [3.8, 4) is 0 Å². The van der Waals surface area contributed by atoms with Gasteiger partial charge in [0.2, 0.25) is 0 Å². The van der Waals surface area contributed by atoms with Crippen molar-refractivity contribution in [2.45, 2.75) is 26.8 Å². The van der Waals surface area contributed by atoms with Crippen molar-refractivity contribution in [2.24, 2.45) is 7.05 Å². The number of para-hydroxylation sites is 2. The highest BCUT2D eigenvalue weighted by atomic mass is 35.5. The number of rotatable bonds is 4. The Kier molecular flexibility index (Phi) is 4.22. The van der Waals surface area contributed by atoms with E-state index >= 15 is 0 Å². The Hall–Kier alpha value is -2.14. The van der Waals surface area contributed by atoms with Crippen LogP contribution in [0.2, 0.25) is 5.15 Å². The molecular formula is C17H20ClN5. The SMILES string of the molecule is CCc1c(Cl)nc(C)nc1N(C)Cc1nc2ccccc2n1C. The molecule has 3 aromatic rings. The second kappa shape index (κ2) is 6.16. The first-order valence-corrected chi connectivity index (χ1v) is 8.03. The lowest BCUT2D eigenvalue weighted by atomic mass is 10.2. The van der Waals surface area contributed by atoms with E-state index in [1.807, 2.05) is 39.2 Å². The minimum Gasteiger partial charge on any atom is -0.352 e. The van der Waals surface area contributed by atoms with Crippen LogP contribution in [0.3, 0.4) is 0 Å². The predicted octanol–water partition coefficient (Wildman–Crippen LogP) is 3.52. The van der Waals surface area contributed by atoms with Crippen LogP contribution < -0.4 is 4.90 Å². The van der Waals surface area contributed by atoms with Crippen LogP contribution in [0.4, 0.5) is 5.82 Å². The Morgan fingerprint density at radius 1 is 1.17 bits per heavy atom. The molecule has 0 N–H and O–H groups in total. The molecule has 23 heavy (non-hydrogen) atoms. The number of halogens is 1. The third-order valence-corrected chi connectivity index (χ3v) is 4.33. The van der Waals surface area contributed by atoms with Crippen LogP contribution in [-0.4, -0.2) is 26.6 Å². The minimum atomic E-state index is 0.534. The van der Waals surface area contributed by atoms with Crippen molar-refractivity contribution in [3.63, 3.8) is 0 Å². The number of imidazole rings is 1. The minimum absolute atomic E-state index is 0.534. The molecule has 0 bridgehead atoms. The zero-order chi connectivity index (χ0) is 16.6. The number of hydrogen-bond donors (Lipinski definition) is 0. The molecule has 3 rings (SSSR count). The maximum atomic E-state index is 6.28. The summed E-state index contributed by atoms with van der Waals surface area (Å²) >= 11 is 6.28. The first-order chi connectivity index (χ1) is 11.0. The van der Waals surface area contributed by atoms with Gasteiger partial charge in [0.15, 0.2) is 0 Å². The summed E-state index contributed by atoms with van der Waals surface area (Å²) in [7, 11) is 4.05. The summed E-state index contributed by atoms with van der Waals surface area (Å²) in [5.41, 5.74) is 3.10. The molecule has 1 aromatic carbocycles. The van der Waals surface area contributed by atoms with Crippen LogP contribution in [0.1, 0.15) is 24.1 Å². The lowest BCUT2D eigenvalue weighted by Crippen LogP contribution is -2.22. The number of hydrogen-bond acceptors (Lipinski definition) is 4. The summed E-state index contributed by atoms with van der Waals surface area (Å²) in [5.74, 6) is 2.54. The fourth-order valence-corrected chi connectivity index (χ4v) is 3.13. The average molecular weight is 330 g/mol. The van der Waals surface area contributed by atoms with Crippen molar-refractivity contribution >= 4 is 28.5 Å². The maximum Gasteiger partial charge on any atom is 0.138 e. The average Bonchev–Trinajstić information content (AvgIpc) is 2.83. The summed E-state index contributed by atoms with van der Waals surface area (Å²) in [6.45, 7) is 4.58. The van der Waals surface area contributed by atoms with E-state index in [1.165, 1.54) is 0 Å². The van der Waals surface area contributed by atoms with Gasteiger partial charge in [-0.3, -0.25) is 0 Å². The summed E-state index contributed by atoms with van der Waals surface area (Å²) in [6.07, 6.45) is 0.793. The van der Waals surface area contributed by atoms with Gasteiger partial charge < -0.3 is 9.47 Å². The Balaban J connectivity index is 1.98. The van der Waals surface area contributed by atoms with Crippen LogP contribution in [0.5, 0.6) is 0 Å². The lowest BCUT2D eigenvalue weighted by Gasteiger charge is -2.21. The first-order valence-electron chi connectivity index (χ1n) is 7.65. The van der Waals surface area contributed by atoms with Gasteiger partial charge in [0.1, 0.15) is 22.6 Å². The second-order valence-electron chi connectivity index (χ2n) is 5.65. The fraction of sp³-hybridized carbons (Fsp3) is 0.353. The Labute approximate surface area is 141 Å². The monoisotopic (exact) mass is 329 g/mol. The van der Waals surface area contributed by atoms with Crippen LogP contribution in [0.25, 0.3) is 11.0 Å². The van der Waals surface area contributed by atoms with Gasteiger partial charge in [0.05, 0.1) is 17.6 Å². The van der Waals surface area contributed by atoms with E-state index in [-0.39, 0.29) is 0 Å². The van der Waals surface area contributed by atoms with Crippen LogP contribution in [0.15, 0.2) is 24.3 Å². The quantitative estimate of drug-likeness (QED) is 0.687. The number of aromatic nitrogens is 4. The second-order valence-corrected chi connectivity index (χ2v) is 6.01. The van der Waals surface area contributed by atoms with Crippen molar-refractivity contribution in [1.82, 2.24) is 19.5 Å². The van der Waals surface area contributed by atoms with Crippen molar-refractivity contribution in [3.05, 3.63) is 46.6 Å². The van der Waals surface area contributed by atoms with Crippen LogP contribution >= 0.6 is 11.6 Å². The number of anilines is 1. The van der Waals surface area contributed by atoms with Gasteiger partial charge in [-0.25, -0.2) is 15.0 Å². The largest absolute Gasteiger partial charge is 0.352 e. The van der Waals surface area contributed by atoms with Crippen molar-refractivity contribution in [1.29, 1.82) is 0 Å². The number of benzene rings is 1. The molecule has 0 saturated heterocycles. The highest BCUT2D eigenvalue weighted by molar-refractivity contribution is 6.30. The third-order valence-electron chi connectivity index (χ3n) is 4.02. The number of nitrogens with zero attached hydrogens (tertiary/aromatic N) is 5. The van der Waals surface area contributed by atoms with E-state index in [4.69, 9.17) is 16.6 Å². The zero-order valence-electron chi connectivity index (χ0n) is 13.8. The van der Waals surface area contributed by atoms with Crippen molar-refractivity contribution < 1.29 is 0 Å². The molecule has 120 valence electrons. The Morgan fingerprint density at radius 3 is 2.61 bits per heavy atom. The van der Waals surface area contributed by atoms with E-state index in [2.05, 4.69) is 32.4 Å². The molecule has 0 atom stereocenters. The van der Waals surface area contributed by atoms with E-state index in [0.29, 0.717) is 17.5 Å². The lowest BCUT2D eigenvalue weighted by molar-refractivity contribution is 0.760. The van der Waals surface area contributed by atoms with Gasteiger partial charge >= 0.3 is 0 Å². The standard InChI is InChI=1S/C17H20ClN5/c1-5-12-16(18)19-11(2)20-17(12)22(3)10-15-21-13-8-6-7-9-14(13)23(15)4/h6-9H,5,10H2,1-4H3. The van der Waals surface area contributed by atoms with E-state index in [9.17, 15) is 0 Å². The van der Waals surface area contributed by atoms with Gasteiger partial charge in [0, 0.05) is 19.7 Å². The highest BCUT2D eigenvalue weighted by Crippen LogP contribution is 2.25. The summed E-state index contributed by atoms with van der Waals surface area (Å²) in [6, 6.07) is 8.14. The normalized spacial score (nSPS) is 11.2. The summed E-state index contributed by atoms with van der Waals surface area (Å²) < 4.78 is 2.12. The van der Waals surface area contributed by atoms with Gasteiger partial charge in [-0.2, -0.15) is 0 Å². The number of fused-ring (bicyclic) bond motifs is 1. The molecule has 0 aliphatic carbocycles. The molecule has 0 spiro atoms. The van der Waals surface area contributed by atoms with Crippen molar-refractivity contribution in [2.75, 3.05) is 11.9 Å². The van der Waals surface area contributed by atoms with E-state index in [1.54, 1.807) is 0 Å². The van der Waals surface area contributed by atoms with Gasteiger partial charge in [0.25, 0.3) is 0 Å². The first kappa shape index (κ1) is 15.7. The maximum absolute atomic E-state index is 6.28. The molecule has 2 heterocycles. The molecule has 0 aliphatic rings. The van der Waals surface area contributed by atoms with Gasteiger partial charge in [-0.1, -0.05) is 30.7 Å². The molecule has 0 unspecified atom stereocenters. The Bertz CT molecular complexity index is 856. The zero-order valence-corrected chi connectivity index (χ0v) is 14.6. The van der Waals surface area contributed by atoms with Gasteiger partial charge in [-0.05, 0) is 25.5 Å². The molecule has 0 amide bonds. The van der Waals surface area contributed by atoms with Crippen LogP contribution in [0, 0.1) is 6.92 Å².